The van der Waals surface area contributed by atoms with Crippen molar-refractivity contribution in [3.05, 3.63) is 24.3 Å². The van der Waals surface area contributed by atoms with Gasteiger partial charge in [0.2, 0.25) is 0 Å². The van der Waals surface area contributed by atoms with Crippen molar-refractivity contribution in [3.63, 3.8) is 0 Å². The quantitative estimate of drug-likeness (QED) is 0.729. The highest BCUT2D eigenvalue weighted by Gasteiger charge is 2.43. The molecule has 1 saturated heterocycles. The van der Waals surface area contributed by atoms with E-state index in [0.717, 1.165) is 0 Å². The van der Waals surface area contributed by atoms with Crippen LogP contribution >= 0.6 is 12.4 Å². The molecule has 0 bridgehead atoms. The standard InChI is InChI=1S/C16H22F3N3O3.ClH/c1-24-12-3-2-4-13(9-12)25-11-15(23)21-10-14(16(17,18)19)22-7-5-20-6-8-22;/h2-4,9,14,20H,5-8,10-11H2,1H3,(H,21,23);1H. The van der Waals surface area contributed by atoms with Gasteiger partial charge in [-0.1, -0.05) is 6.07 Å². The molecule has 2 N–H and O–H groups in total. The van der Waals surface area contributed by atoms with Crippen LogP contribution in [0.4, 0.5) is 13.2 Å². The Bertz CT molecular complexity index is 569. The number of amides is 1. The van der Waals surface area contributed by atoms with Gasteiger partial charge in [0.15, 0.2) is 6.61 Å². The average Bonchev–Trinajstić information content (AvgIpc) is 2.60. The average molecular weight is 398 g/mol. The maximum Gasteiger partial charge on any atom is 0.405 e. The molecule has 148 valence electrons. The van der Waals surface area contributed by atoms with Crippen LogP contribution in [0.3, 0.4) is 0 Å². The number of hydrogen-bond donors (Lipinski definition) is 2. The monoisotopic (exact) mass is 397 g/mol. The minimum Gasteiger partial charge on any atom is -0.497 e. The highest BCUT2D eigenvalue weighted by molar-refractivity contribution is 5.85. The highest BCUT2D eigenvalue weighted by Crippen LogP contribution is 2.24. The van der Waals surface area contributed by atoms with Gasteiger partial charge in [-0.25, -0.2) is 0 Å². The van der Waals surface area contributed by atoms with Gasteiger partial charge in [-0.2, -0.15) is 13.2 Å². The Morgan fingerprint density at radius 1 is 1.31 bits per heavy atom. The molecule has 2 rings (SSSR count). The van der Waals surface area contributed by atoms with Crippen LogP contribution in [0.15, 0.2) is 24.3 Å². The third-order valence-electron chi connectivity index (χ3n) is 3.87. The van der Waals surface area contributed by atoms with E-state index in [-0.39, 0.29) is 19.0 Å². The number of hydrogen-bond acceptors (Lipinski definition) is 5. The van der Waals surface area contributed by atoms with Crippen LogP contribution < -0.4 is 20.1 Å². The van der Waals surface area contributed by atoms with E-state index in [1.165, 1.54) is 12.0 Å². The number of carbonyl (C=O) groups excluding carboxylic acids is 1. The lowest BCUT2D eigenvalue weighted by molar-refractivity contribution is -0.184. The zero-order valence-corrected chi connectivity index (χ0v) is 15.2. The molecule has 1 heterocycles. The number of benzene rings is 1. The highest BCUT2D eigenvalue weighted by atomic mass is 35.5. The topological polar surface area (TPSA) is 62.8 Å². The zero-order valence-electron chi connectivity index (χ0n) is 14.3. The van der Waals surface area contributed by atoms with Gasteiger partial charge in [-0.05, 0) is 12.1 Å². The van der Waals surface area contributed by atoms with Crippen molar-refractivity contribution >= 4 is 18.3 Å². The minimum atomic E-state index is -4.40. The number of ether oxygens (including phenoxy) is 2. The number of piperazine rings is 1. The van der Waals surface area contributed by atoms with Gasteiger partial charge in [0.05, 0.1) is 7.11 Å². The lowest BCUT2D eigenvalue weighted by atomic mass is 10.2. The van der Waals surface area contributed by atoms with Crippen LogP contribution in [-0.4, -0.2) is 69.5 Å². The largest absolute Gasteiger partial charge is 0.497 e. The summed E-state index contributed by atoms with van der Waals surface area (Å²) in [6, 6.07) is 4.93. The molecule has 26 heavy (non-hydrogen) atoms. The molecule has 10 heteroatoms. The first kappa shape index (κ1) is 22.3. The van der Waals surface area contributed by atoms with E-state index >= 15 is 0 Å². The summed E-state index contributed by atoms with van der Waals surface area (Å²) in [5.74, 6) is 0.366. The summed E-state index contributed by atoms with van der Waals surface area (Å²) in [4.78, 5) is 13.2. The summed E-state index contributed by atoms with van der Waals surface area (Å²) in [5.41, 5.74) is 0. The Morgan fingerprint density at radius 3 is 2.58 bits per heavy atom. The van der Waals surface area contributed by atoms with Crippen molar-refractivity contribution in [2.24, 2.45) is 0 Å². The molecule has 0 radical (unpaired) electrons. The molecule has 1 aliphatic rings. The van der Waals surface area contributed by atoms with Crippen molar-refractivity contribution in [1.29, 1.82) is 0 Å². The first-order chi connectivity index (χ1) is 11.9. The summed E-state index contributed by atoms with van der Waals surface area (Å²) in [5, 5.41) is 5.32. The zero-order chi connectivity index (χ0) is 18.3. The Kier molecular flexibility index (Phi) is 8.97. The van der Waals surface area contributed by atoms with Gasteiger partial charge in [0.25, 0.3) is 5.91 Å². The molecule has 1 atom stereocenters. The smallest absolute Gasteiger partial charge is 0.405 e. The predicted molar refractivity (Wildman–Crippen MR) is 93.0 cm³/mol. The molecule has 0 spiro atoms. The second-order valence-corrected chi connectivity index (χ2v) is 5.62. The third kappa shape index (κ3) is 6.89. The number of alkyl halides is 3. The SMILES string of the molecule is COc1cccc(OCC(=O)NCC(N2CCNCC2)C(F)(F)F)c1.Cl. The fourth-order valence-corrected chi connectivity index (χ4v) is 2.55. The van der Waals surface area contributed by atoms with Gasteiger partial charge in [-0.15, -0.1) is 12.4 Å². The summed E-state index contributed by atoms with van der Waals surface area (Å²) in [6.45, 7) is 0.725. The molecule has 1 aromatic carbocycles. The molecule has 0 aromatic heterocycles. The maximum absolute atomic E-state index is 13.2. The van der Waals surface area contributed by atoms with Gasteiger partial charge >= 0.3 is 6.18 Å². The van der Waals surface area contributed by atoms with Gasteiger partial charge in [0, 0.05) is 38.8 Å². The fraction of sp³-hybridized carbons (Fsp3) is 0.562. The summed E-state index contributed by atoms with van der Waals surface area (Å²) in [6.07, 6.45) is -4.40. The summed E-state index contributed by atoms with van der Waals surface area (Å²) >= 11 is 0. The molecule has 0 saturated carbocycles. The summed E-state index contributed by atoms with van der Waals surface area (Å²) in [7, 11) is 1.50. The molecule has 1 unspecified atom stereocenters. The van der Waals surface area contributed by atoms with Crippen LogP contribution in [0.5, 0.6) is 11.5 Å². The van der Waals surface area contributed by atoms with Crippen molar-refractivity contribution in [1.82, 2.24) is 15.5 Å². The first-order valence-electron chi connectivity index (χ1n) is 7.95. The van der Waals surface area contributed by atoms with Crippen LogP contribution in [0.2, 0.25) is 0 Å². The van der Waals surface area contributed by atoms with Crippen molar-refractivity contribution in [2.45, 2.75) is 12.2 Å². The van der Waals surface area contributed by atoms with Crippen LogP contribution in [-0.2, 0) is 4.79 Å². The Balaban J connectivity index is 0.00000338. The number of methoxy groups -OCH3 is 1. The Labute approximate surface area is 156 Å². The Morgan fingerprint density at radius 2 is 1.96 bits per heavy atom. The molecule has 0 aliphatic carbocycles. The normalized spacial score (nSPS) is 16.3. The maximum atomic E-state index is 13.2. The number of rotatable bonds is 7. The van der Waals surface area contributed by atoms with E-state index in [9.17, 15) is 18.0 Å². The third-order valence-corrected chi connectivity index (χ3v) is 3.87. The number of nitrogens with one attached hydrogen (secondary N) is 2. The van der Waals surface area contributed by atoms with E-state index in [0.29, 0.717) is 37.7 Å². The fourth-order valence-electron chi connectivity index (χ4n) is 2.55. The summed E-state index contributed by atoms with van der Waals surface area (Å²) < 4.78 is 50.0. The van der Waals surface area contributed by atoms with E-state index < -0.39 is 24.7 Å². The first-order valence-corrected chi connectivity index (χ1v) is 7.95. The molecule has 1 fully saturated rings. The second kappa shape index (κ2) is 10.4. The lowest BCUT2D eigenvalue weighted by Crippen LogP contribution is -2.57. The van der Waals surface area contributed by atoms with E-state index in [2.05, 4.69) is 10.6 Å². The second-order valence-electron chi connectivity index (χ2n) is 5.62. The minimum absolute atomic E-state index is 0. The van der Waals surface area contributed by atoms with Crippen molar-refractivity contribution < 1.29 is 27.4 Å². The molecule has 1 amide bonds. The Hall–Kier alpha value is -1.71. The van der Waals surface area contributed by atoms with Crippen LogP contribution in [0, 0.1) is 0 Å². The van der Waals surface area contributed by atoms with E-state index in [1.54, 1.807) is 24.3 Å². The lowest BCUT2D eigenvalue weighted by Gasteiger charge is -2.35. The molecule has 1 aromatic rings. The number of carbonyl (C=O) groups is 1. The molecule has 6 nitrogen and oxygen atoms in total. The van der Waals surface area contributed by atoms with Gasteiger partial charge in [0.1, 0.15) is 17.5 Å². The van der Waals surface area contributed by atoms with Crippen LogP contribution in [0.1, 0.15) is 0 Å². The predicted octanol–water partition coefficient (Wildman–Crippen LogP) is 1.45. The number of halogens is 4. The van der Waals surface area contributed by atoms with Gasteiger partial charge < -0.3 is 20.1 Å². The van der Waals surface area contributed by atoms with Crippen molar-refractivity contribution in [2.75, 3.05) is 46.4 Å². The van der Waals surface area contributed by atoms with Gasteiger partial charge in [-0.3, -0.25) is 9.69 Å². The van der Waals surface area contributed by atoms with E-state index in [4.69, 9.17) is 9.47 Å². The van der Waals surface area contributed by atoms with E-state index in [1.807, 2.05) is 0 Å². The van der Waals surface area contributed by atoms with Crippen molar-refractivity contribution in [3.8, 4) is 11.5 Å². The van der Waals surface area contributed by atoms with Crippen LogP contribution in [0.25, 0.3) is 0 Å². The molecule has 1 aliphatic heterocycles. The number of nitrogens with zero attached hydrogens (tertiary/aromatic N) is 1. The molecular weight excluding hydrogens is 375 g/mol. The molecular formula is C16H23ClF3N3O3.